The SMILES string of the molecule is O=C(O)C1CCCN1C(c1ccccc1)c1ccco1. The van der Waals surface area contributed by atoms with Gasteiger partial charge in [0, 0.05) is 6.54 Å². The minimum atomic E-state index is -0.755. The Morgan fingerprint density at radius 1 is 1.25 bits per heavy atom. The number of furan rings is 1. The molecule has 3 rings (SSSR count). The molecule has 1 fully saturated rings. The van der Waals surface area contributed by atoms with E-state index in [9.17, 15) is 9.90 Å². The lowest BCUT2D eigenvalue weighted by molar-refractivity contribution is -0.142. The zero-order valence-electron chi connectivity index (χ0n) is 11.1. The molecule has 1 N–H and O–H groups in total. The average molecular weight is 271 g/mol. The molecule has 1 aliphatic rings. The van der Waals surface area contributed by atoms with Crippen molar-refractivity contribution in [1.82, 2.24) is 4.90 Å². The van der Waals surface area contributed by atoms with Gasteiger partial charge in [-0.2, -0.15) is 0 Å². The van der Waals surface area contributed by atoms with Gasteiger partial charge in [-0.1, -0.05) is 30.3 Å². The molecule has 104 valence electrons. The van der Waals surface area contributed by atoms with Crippen molar-refractivity contribution in [3.8, 4) is 0 Å². The highest BCUT2D eigenvalue weighted by Gasteiger charge is 2.37. The van der Waals surface area contributed by atoms with Crippen LogP contribution in [0.25, 0.3) is 0 Å². The molecule has 0 spiro atoms. The molecule has 0 saturated carbocycles. The van der Waals surface area contributed by atoms with Crippen LogP contribution in [0.15, 0.2) is 53.1 Å². The fraction of sp³-hybridized carbons (Fsp3) is 0.312. The van der Waals surface area contributed by atoms with E-state index in [2.05, 4.69) is 0 Å². The molecule has 2 unspecified atom stereocenters. The summed E-state index contributed by atoms with van der Waals surface area (Å²) in [7, 11) is 0. The van der Waals surface area contributed by atoms with Gasteiger partial charge >= 0.3 is 5.97 Å². The monoisotopic (exact) mass is 271 g/mol. The predicted octanol–water partition coefficient (Wildman–Crippen LogP) is 2.92. The van der Waals surface area contributed by atoms with Gasteiger partial charge in [0.15, 0.2) is 0 Å². The van der Waals surface area contributed by atoms with E-state index in [1.807, 2.05) is 47.4 Å². The van der Waals surface area contributed by atoms with Crippen LogP contribution in [0.3, 0.4) is 0 Å². The third-order valence-corrected chi connectivity index (χ3v) is 3.84. The number of hydrogen-bond acceptors (Lipinski definition) is 3. The zero-order chi connectivity index (χ0) is 13.9. The van der Waals surface area contributed by atoms with Crippen LogP contribution in [-0.4, -0.2) is 28.6 Å². The molecule has 1 aromatic heterocycles. The Morgan fingerprint density at radius 2 is 2.05 bits per heavy atom. The fourth-order valence-corrected chi connectivity index (χ4v) is 2.96. The van der Waals surface area contributed by atoms with Crippen LogP contribution in [0.5, 0.6) is 0 Å². The van der Waals surface area contributed by atoms with Gasteiger partial charge in [-0.05, 0) is 30.5 Å². The number of aliphatic carboxylic acids is 1. The molecule has 0 radical (unpaired) electrons. The van der Waals surface area contributed by atoms with Gasteiger partial charge in [-0.15, -0.1) is 0 Å². The minimum absolute atomic E-state index is 0.130. The van der Waals surface area contributed by atoms with Crippen molar-refractivity contribution in [2.45, 2.75) is 24.9 Å². The maximum atomic E-state index is 11.4. The third-order valence-electron chi connectivity index (χ3n) is 3.84. The first-order valence-electron chi connectivity index (χ1n) is 6.84. The van der Waals surface area contributed by atoms with E-state index in [1.165, 1.54) is 0 Å². The summed E-state index contributed by atoms with van der Waals surface area (Å²) in [5, 5.41) is 9.40. The number of rotatable bonds is 4. The number of benzene rings is 1. The molecule has 1 saturated heterocycles. The van der Waals surface area contributed by atoms with Crippen LogP contribution in [-0.2, 0) is 4.79 Å². The second-order valence-electron chi connectivity index (χ2n) is 5.06. The van der Waals surface area contributed by atoms with Gasteiger partial charge in [0.05, 0.1) is 12.3 Å². The summed E-state index contributed by atoms with van der Waals surface area (Å²) in [6.45, 7) is 0.775. The average Bonchev–Trinajstić information content (AvgIpc) is 3.12. The van der Waals surface area contributed by atoms with Crippen molar-refractivity contribution in [1.29, 1.82) is 0 Å². The highest BCUT2D eigenvalue weighted by atomic mass is 16.4. The van der Waals surface area contributed by atoms with Crippen molar-refractivity contribution in [3.05, 3.63) is 60.1 Å². The summed E-state index contributed by atoms with van der Waals surface area (Å²) in [6, 6.07) is 13.1. The zero-order valence-corrected chi connectivity index (χ0v) is 11.1. The number of carboxylic acids is 1. The maximum Gasteiger partial charge on any atom is 0.320 e. The van der Waals surface area contributed by atoms with E-state index < -0.39 is 12.0 Å². The highest BCUT2D eigenvalue weighted by molar-refractivity contribution is 5.74. The number of nitrogens with zero attached hydrogens (tertiary/aromatic N) is 1. The Labute approximate surface area is 117 Å². The second kappa shape index (κ2) is 5.51. The number of carboxylic acid groups (broad SMARTS) is 1. The third kappa shape index (κ3) is 2.34. The first-order chi connectivity index (χ1) is 9.77. The van der Waals surface area contributed by atoms with Gasteiger partial charge in [0.25, 0.3) is 0 Å². The molecular formula is C16H17NO3. The first-order valence-corrected chi connectivity index (χ1v) is 6.84. The van der Waals surface area contributed by atoms with E-state index in [1.54, 1.807) is 6.26 Å². The van der Waals surface area contributed by atoms with Crippen molar-refractivity contribution >= 4 is 5.97 Å². The van der Waals surface area contributed by atoms with Gasteiger partial charge < -0.3 is 9.52 Å². The van der Waals surface area contributed by atoms with Crippen LogP contribution < -0.4 is 0 Å². The van der Waals surface area contributed by atoms with Crippen molar-refractivity contribution in [3.63, 3.8) is 0 Å². The Hall–Kier alpha value is -2.07. The van der Waals surface area contributed by atoms with Crippen LogP contribution in [0.4, 0.5) is 0 Å². The largest absolute Gasteiger partial charge is 0.480 e. The summed E-state index contributed by atoms with van der Waals surface area (Å²) in [5.41, 5.74) is 1.07. The molecule has 0 aliphatic carbocycles. The van der Waals surface area contributed by atoms with E-state index in [0.717, 1.165) is 24.3 Å². The van der Waals surface area contributed by atoms with Crippen LogP contribution in [0.2, 0.25) is 0 Å². The van der Waals surface area contributed by atoms with Gasteiger partial charge in [-0.3, -0.25) is 9.69 Å². The molecule has 4 heteroatoms. The summed E-state index contributed by atoms with van der Waals surface area (Å²) in [4.78, 5) is 13.5. The quantitative estimate of drug-likeness (QED) is 0.929. The van der Waals surface area contributed by atoms with Gasteiger partial charge in [-0.25, -0.2) is 0 Å². The minimum Gasteiger partial charge on any atom is -0.480 e. The van der Waals surface area contributed by atoms with Crippen LogP contribution in [0.1, 0.15) is 30.2 Å². The summed E-state index contributed by atoms with van der Waals surface area (Å²) in [6.07, 6.45) is 3.23. The first kappa shape index (κ1) is 12.9. The van der Waals surface area contributed by atoms with E-state index in [0.29, 0.717) is 6.42 Å². The summed E-state index contributed by atoms with van der Waals surface area (Å²) >= 11 is 0. The Kier molecular flexibility index (Phi) is 3.56. The number of hydrogen-bond donors (Lipinski definition) is 1. The summed E-state index contributed by atoms with van der Waals surface area (Å²) in [5.74, 6) is 0.0411. The number of likely N-dealkylation sites (tertiary alicyclic amines) is 1. The molecule has 0 amide bonds. The lowest BCUT2D eigenvalue weighted by atomic mass is 10.0. The molecule has 4 nitrogen and oxygen atoms in total. The normalized spacial score (nSPS) is 20.9. The van der Waals surface area contributed by atoms with Crippen molar-refractivity contribution in [2.75, 3.05) is 6.54 Å². The highest BCUT2D eigenvalue weighted by Crippen LogP contribution is 2.34. The van der Waals surface area contributed by atoms with E-state index >= 15 is 0 Å². The molecule has 1 aromatic carbocycles. The molecule has 1 aliphatic heterocycles. The molecule has 2 heterocycles. The smallest absolute Gasteiger partial charge is 0.320 e. The van der Waals surface area contributed by atoms with Crippen molar-refractivity contribution < 1.29 is 14.3 Å². The summed E-state index contributed by atoms with van der Waals surface area (Å²) < 4.78 is 5.56. The van der Waals surface area contributed by atoms with E-state index in [-0.39, 0.29) is 6.04 Å². The Bertz CT molecular complexity index is 565. The lowest BCUT2D eigenvalue weighted by Crippen LogP contribution is -2.39. The van der Waals surface area contributed by atoms with E-state index in [4.69, 9.17) is 4.42 Å². The molecule has 2 atom stereocenters. The fourth-order valence-electron chi connectivity index (χ4n) is 2.96. The molecule has 2 aromatic rings. The van der Waals surface area contributed by atoms with Gasteiger partial charge in [0.1, 0.15) is 11.8 Å². The van der Waals surface area contributed by atoms with Gasteiger partial charge in [0.2, 0.25) is 0 Å². The molecule has 0 bridgehead atoms. The standard InChI is InChI=1S/C16H17NO3/c18-16(19)13-8-4-10-17(13)15(14-9-5-11-20-14)12-6-2-1-3-7-12/h1-3,5-7,9,11,13,15H,4,8,10H2,(H,18,19). The van der Waals surface area contributed by atoms with Crippen LogP contribution >= 0.6 is 0 Å². The molecular weight excluding hydrogens is 254 g/mol. The Balaban J connectivity index is 2.00. The molecule has 20 heavy (non-hydrogen) atoms. The second-order valence-corrected chi connectivity index (χ2v) is 5.06. The number of carbonyl (C=O) groups is 1. The van der Waals surface area contributed by atoms with Crippen molar-refractivity contribution in [2.24, 2.45) is 0 Å². The maximum absolute atomic E-state index is 11.4. The topological polar surface area (TPSA) is 53.7 Å². The predicted molar refractivity (Wildman–Crippen MR) is 74.4 cm³/mol. The lowest BCUT2D eigenvalue weighted by Gasteiger charge is -2.30. The Morgan fingerprint density at radius 3 is 2.70 bits per heavy atom. The van der Waals surface area contributed by atoms with Crippen LogP contribution in [0, 0.1) is 0 Å².